The molecule has 0 unspecified atom stereocenters. The van der Waals surface area contributed by atoms with Crippen LogP contribution in [-0.2, 0) is 0 Å². The van der Waals surface area contributed by atoms with Gasteiger partial charge in [-0.05, 0) is 36.1 Å². The van der Waals surface area contributed by atoms with Gasteiger partial charge < -0.3 is 4.90 Å². The molecule has 2 heterocycles. The van der Waals surface area contributed by atoms with Crippen molar-refractivity contribution in [3.8, 4) is 11.3 Å². The fourth-order valence-electron chi connectivity index (χ4n) is 3.29. The molecule has 116 valence electrons. The van der Waals surface area contributed by atoms with Gasteiger partial charge in [-0.1, -0.05) is 42.5 Å². The SMILES string of the molecule is O=C(c1cc(-c2cccc3ccccc23)n[nH]1)N1CCCCC1. The number of carbonyl (C=O) groups is 1. The van der Waals surface area contributed by atoms with Crippen molar-refractivity contribution >= 4 is 16.7 Å². The van der Waals surface area contributed by atoms with E-state index in [1.165, 1.54) is 11.8 Å². The molecule has 0 spiro atoms. The number of benzene rings is 2. The maximum absolute atomic E-state index is 12.6. The maximum Gasteiger partial charge on any atom is 0.271 e. The third-order valence-corrected chi connectivity index (χ3v) is 4.52. The van der Waals surface area contributed by atoms with Crippen molar-refractivity contribution in [2.75, 3.05) is 13.1 Å². The second-order valence-corrected chi connectivity index (χ2v) is 6.05. The van der Waals surface area contributed by atoms with Crippen LogP contribution in [-0.4, -0.2) is 34.1 Å². The molecule has 1 aromatic heterocycles. The summed E-state index contributed by atoms with van der Waals surface area (Å²) in [6.07, 6.45) is 3.40. The monoisotopic (exact) mass is 305 g/mol. The number of carbonyl (C=O) groups excluding carboxylic acids is 1. The molecule has 4 heteroatoms. The van der Waals surface area contributed by atoms with E-state index in [4.69, 9.17) is 0 Å². The summed E-state index contributed by atoms with van der Waals surface area (Å²) < 4.78 is 0. The van der Waals surface area contributed by atoms with Gasteiger partial charge in [0.25, 0.3) is 5.91 Å². The number of amides is 1. The average Bonchev–Trinajstić information content (AvgIpc) is 3.11. The smallest absolute Gasteiger partial charge is 0.271 e. The van der Waals surface area contributed by atoms with Gasteiger partial charge >= 0.3 is 0 Å². The van der Waals surface area contributed by atoms with Crippen LogP contribution in [0.2, 0.25) is 0 Å². The standard InChI is InChI=1S/C19H19N3O/c23-19(22-11-4-1-5-12-22)18-13-17(20-21-18)16-10-6-8-14-7-2-3-9-15(14)16/h2-3,6-10,13H,1,4-5,11-12H2,(H,20,21). The lowest BCUT2D eigenvalue weighted by Crippen LogP contribution is -2.35. The van der Waals surface area contributed by atoms with Crippen molar-refractivity contribution in [3.63, 3.8) is 0 Å². The molecule has 1 aliphatic rings. The Morgan fingerprint density at radius 2 is 1.78 bits per heavy atom. The largest absolute Gasteiger partial charge is 0.337 e. The zero-order valence-electron chi connectivity index (χ0n) is 13.0. The third-order valence-electron chi connectivity index (χ3n) is 4.52. The van der Waals surface area contributed by atoms with E-state index in [1.54, 1.807) is 0 Å². The van der Waals surface area contributed by atoms with Gasteiger partial charge in [-0.3, -0.25) is 9.89 Å². The van der Waals surface area contributed by atoms with Gasteiger partial charge in [0.2, 0.25) is 0 Å². The highest BCUT2D eigenvalue weighted by Gasteiger charge is 2.20. The lowest BCUT2D eigenvalue weighted by Gasteiger charge is -2.25. The first-order valence-corrected chi connectivity index (χ1v) is 8.16. The summed E-state index contributed by atoms with van der Waals surface area (Å²) in [5.74, 6) is 0.0590. The summed E-state index contributed by atoms with van der Waals surface area (Å²) in [5.41, 5.74) is 2.45. The van der Waals surface area contributed by atoms with Crippen molar-refractivity contribution in [1.29, 1.82) is 0 Å². The van der Waals surface area contributed by atoms with Gasteiger partial charge in [-0.25, -0.2) is 0 Å². The van der Waals surface area contributed by atoms with E-state index in [0.717, 1.165) is 42.6 Å². The van der Waals surface area contributed by atoms with Crippen LogP contribution in [0, 0.1) is 0 Å². The molecular weight excluding hydrogens is 286 g/mol. The average molecular weight is 305 g/mol. The number of fused-ring (bicyclic) bond motifs is 1. The predicted molar refractivity (Wildman–Crippen MR) is 91.3 cm³/mol. The molecule has 3 aromatic rings. The molecule has 0 radical (unpaired) electrons. The molecule has 23 heavy (non-hydrogen) atoms. The Labute approximate surface area is 135 Å². The van der Waals surface area contributed by atoms with Crippen LogP contribution in [0.3, 0.4) is 0 Å². The number of rotatable bonds is 2. The number of hydrogen-bond donors (Lipinski definition) is 1. The highest BCUT2D eigenvalue weighted by Crippen LogP contribution is 2.27. The fraction of sp³-hybridized carbons (Fsp3) is 0.263. The van der Waals surface area contributed by atoms with Crippen molar-refractivity contribution in [2.24, 2.45) is 0 Å². The van der Waals surface area contributed by atoms with E-state index in [0.29, 0.717) is 5.69 Å². The molecule has 1 fully saturated rings. The molecule has 2 aromatic carbocycles. The summed E-state index contributed by atoms with van der Waals surface area (Å²) in [6.45, 7) is 1.70. The van der Waals surface area contributed by atoms with Crippen LogP contribution in [0.25, 0.3) is 22.0 Å². The second kappa shape index (κ2) is 5.88. The molecular formula is C19H19N3O. The lowest BCUT2D eigenvalue weighted by atomic mass is 10.0. The minimum absolute atomic E-state index is 0.0590. The van der Waals surface area contributed by atoms with Crippen molar-refractivity contribution < 1.29 is 4.79 Å². The Morgan fingerprint density at radius 3 is 2.65 bits per heavy atom. The van der Waals surface area contributed by atoms with E-state index in [1.807, 2.05) is 35.2 Å². The quantitative estimate of drug-likeness (QED) is 0.781. The number of nitrogens with zero attached hydrogens (tertiary/aromatic N) is 2. The Kier molecular flexibility index (Phi) is 3.58. The molecule has 4 rings (SSSR count). The van der Waals surface area contributed by atoms with Crippen LogP contribution in [0.5, 0.6) is 0 Å². The maximum atomic E-state index is 12.6. The molecule has 0 aliphatic carbocycles. The zero-order valence-corrected chi connectivity index (χ0v) is 13.0. The summed E-state index contributed by atoms with van der Waals surface area (Å²) in [5, 5.41) is 9.63. The molecule has 0 saturated carbocycles. The molecule has 1 N–H and O–H groups in total. The fourth-order valence-corrected chi connectivity index (χ4v) is 3.29. The van der Waals surface area contributed by atoms with E-state index in [2.05, 4.69) is 28.4 Å². The highest BCUT2D eigenvalue weighted by molar-refractivity contribution is 5.98. The van der Waals surface area contributed by atoms with E-state index in [-0.39, 0.29) is 5.91 Å². The Hall–Kier alpha value is -2.62. The van der Waals surface area contributed by atoms with Gasteiger partial charge in [-0.2, -0.15) is 5.10 Å². The summed E-state index contributed by atoms with van der Waals surface area (Å²) in [7, 11) is 0. The zero-order chi connectivity index (χ0) is 15.6. The Morgan fingerprint density at radius 1 is 1.00 bits per heavy atom. The first-order chi connectivity index (χ1) is 11.3. The minimum atomic E-state index is 0.0590. The van der Waals surface area contributed by atoms with Gasteiger partial charge in [0.05, 0.1) is 5.69 Å². The normalized spacial score (nSPS) is 15.0. The van der Waals surface area contributed by atoms with Crippen LogP contribution in [0.4, 0.5) is 0 Å². The van der Waals surface area contributed by atoms with Crippen LogP contribution in [0.15, 0.2) is 48.5 Å². The number of aromatic amines is 1. The van der Waals surface area contributed by atoms with Gasteiger partial charge in [-0.15, -0.1) is 0 Å². The van der Waals surface area contributed by atoms with E-state index >= 15 is 0 Å². The number of H-pyrrole nitrogens is 1. The molecule has 1 aliphatic heterocycles. The minimum Gasteiger partial charge on any atom is -0.337 e. The molecule has 1 saturated heterocycles. The van der Waals surface area contributed by atoms with E-state index in [9.17, 15) is 4.79 Å². The highest BCUT2D eigenvalue weighted by atomic mass is 16.2. The molecule has 0 atom stereocenters. The summed E-state index contributed by atoms with van der Waals surface area (Å²) in [6, 6.07) is 16.3. The molecule has 0 bridgehead atoms. The summed E-state index contributed by atoms with van der Waals surface area (Å²) >= 11 is 0. The first-order valence-electron chi connectivity index (χ1n) is 8.16. The summed E-state index contributed by atoms with van der Waals surface area (Å²) in [4.78, 5) is 14.5. The van der Waals surface area contributed by atoms with Gasteiger partial charge in [0, 0.05) is 18.7 Å². The van der Waals surface area contributed by atoms with E-state index < -0.39 is 0 Å². The van der Waals surface area contributed by atoms with Crippen molar-refractivity contribution in [1.82, 2.24) is 15.1 Å². The first kappa shape index (κ1) is 14.0. The number of piperidine rings is 1. The number of aromatic nitrogens is 2. The van der Waals surface area contributed by atoms with Crippen molar-refractivity contribution in [2.45, 2.75) is 19.3 Å². The molecule has 4 nitrogen and oxygen atoms in total. The number of hydrogen-bond acceptors (Lipinski definition) is 2. The Balaban J connectivity index is 1.68. The van der Waals surface area contributed by atoms with Crippen molar-refractivity contribution in [3.05, 3.63) is 54.2 Å². The van der Waals surface area contributed by atoms with Gasteiger partial charge in [0.15, 0.2) is 0 Å². The lowest BCUT2D eigenvalue weighted by molar-refractivity contribution is 0.0718. The topological polar surface area (TPSA) is 49.0 Å². The Bertz CT molecular complexity index is 841. The second-order valence-electron chi connectivity index (χ2n) is 6.05. The van der Waals surface area contributed by atoms with Crippen LogP contribution < -0.4 is 0 Å². The molecule has 1 amide bonds. The third kappa shape index (κ3) is 2.61. The van der Waals surface area contributed by atoms with Crippen LogP contribution in [0.1, 0.15) is 29.8 Å². The van der Waals surface area contributed by atoms with Crippen LogP contribution >= 0.6 is 0 Å². The number of nitrogens with one attached hydrogen (secondary N) is 1. The van der Waals surface area contributed by atoms with Gasteiger partial charge in [0.1, 0.15) is 5.69 Å². The number of likely N-dealkylation sites (tertiary alicyclic amines) is 1. The predicted octanol–water partition coefficient (Wildman–Crippen LogP) is 3.86.